The Labute approximate surface area is 250 Å². The molecule has 222 valence electrons. The first-order valence-electron chi connectivity index (χ1n) is 14.4. The van der Waals surface area contributed by atoms with E-state index in [1.807, 2.05) is 43.4 Å². The van der Waals surface area contributed by atoms with E-state index in [4.69, 9.17) is 11.6 Å². The van der Waals surface area contributed by atoms with Gasteiger partial charge in [0.1, 0.15) is 5.75 Å². The number of carbonyl (C=O) groups is 1. The second kappa shape index (κ2) is 15.0. The predicted molar refractivity (Wildman–Crippen MR) is 165 cm³/mol. The third kappa shape index (κ3) is 9.18. The SMILES string of the molecule is Cc1sc(CC[C@H](O)/C=C/[C@@H]2[C@@H](C/C=C\CCCC(=O)NCCc3cc4cc(O)ccc4[nH]3)[C@@H](O)C[C@H]2O)cc1Cl. The standard InChI is InChI=1S/C32H41ClN2O5S/c1-20-28(33)18-25(41-20)11-8-23(36)9-12-27-26(30(38)19-31(27)39)6-4-2-3-5-7-32(40)34-15-14-22-16-21-17-24(37)10-13-29(21)35-22/h2,4,9-10,12-13,16-18,23,26-27,30-31,35-39H,3,5-8,11,14-15,19H2,1H3,(H,34,40)/b4-2-,12-9+/t23-,26+,27+,30-,31+/m0/s1. The molecule has 6 N–H and O–H groups in total. The van der Waals surface area contributed by atoms with Crippen molar-refractivity contribution < 1.29 is 25.2 Å². The number of rotatable bonds is 14. The number of H-pyrrole nitrogens is 1. The van der Waals surface area contributed by atoms with Crippen molar-refractivity contribution in [2.45, 2.75) is 76.6 Å². The molecule has 0 saturated heterocycles. The highest BCUT2D eigenvalue weighted by Crippen LogP contribution is 2.36. The molecule has 41 heavy (non-hydrogen) atoms. The number of aliphatic hydroxyl groups excluding tert-OH is 3. The largest absolute Gasteiger partial charge is 0.508 e. The molecular weight excluding hydrogens is 560 g/mol. The molecule has 2 aromatic heterocycles. The Kier molecular flexibility index (Phi) is 11.5. The summed E-state index contributed by atoms with van der Waals surface area (Å²) in [5, 5.41) is 45.7. The Morgan fingerprint density at radius 3 is 2.80 bits per heavy atom. The first-order chi connectivity index (χ1) is 19.7. The number of nitrogens with one attached hydrogen (secondary N) is 2. The maximum atomic E-state index is 12.2. The summed E-state index contributed by atoms with van der Waals surface area (Å²) >= 11 is 7.77. The van der Waals surface area contributed by atoms with Gasteiger partial charge in [-0.05, 0) is 75.3 Å². The number of carbonyl (C=O) groups excluding carboxylic acids is 1. The highest BCUT2D eigenvalue weighted by molar-refractivity contribution is 7.12. The third-order valence-corrected chi connectivity index (χ3v) is 9.41. The number of phenolic OH excluding ortho intramolecular Hbond substituents is 1. The van der Waals surface area contributed by atoms with Gasteiger partial charge in [-0.15, -0.1) is 11.3 Å². The maximum Gasteiger partial charge on any atom is 0.220 e. The van der Waals surface area contributed by atoms with E-state index in [-0.39, 0.29) is 23.5 Å². The Morgan fingerprint density at radius 2 is 2.02 bits per heavy atom. The Morgan fingerprint density at radius 1 is 1.20 bits per heavy atom. The van der Waals surface area contributed by atoms with Gasteiger partial charge in [0.25, 0.3) is 0 Å². The van der Waals surface area contributed by atoms with Crippen molar-refractivity contribution in [1.29, 1.82) is 0 Å². The zero-order valence-electron chi connectivity index (χ0n) is 23.4. The van der Waals surface area contributed by atoms with E-state index in [1.54, 1.807) is 29.5 Å². The van der Waals surface area contributed by atoms with E-state index >= 15 is 0 Å². The zero-order chi connectivity index (χ0) is 29.4. The number of hydrogen-bond donors (Lipinski definition) is 6. The quantitative estimate of drug-likeness (QED) is 0.106. The van der Waals surface area contributed by atoms with Crippen molar-refractivity contribution in [1.82, 2.24) is 10.3 Å². The van der Waals surface area contributed by atoms with Gasteiger partial charge in [0.05, 0.1) is 23.3 Å². The second-order valence-corrected chi connectivity index (χ2v) is 12.7. The van der Waals surface area contributed by atoms with Crippen molar-refractivity contribution in [3.8, 4) is 5.75 Å². The van der Waals surface area contributed by atoms with Crippen LogP contribution in [0.5, 0.6) is 5.75 Å². The van der Waals surface area contributed by atoms with Crippen molar-refractivity contribution >= 4 is 39.7 Å². The number of hydrogen-bond acceptors (Lipinski definition) is 6. The van der Waals surface area contributed by atoms with Gasteiger partial charge in [-0.1, -0.05) is 35.9 Å². The normalized spacial score (nSPS) is 21.9. The number of amides is 1. The lowest BCUT2D eigenvalue weighted by Gasteiger charge is -2.19. The Bertz CT molecular complexity index is 1330. The van der Waals surface area contributed by atoms with Crippen LogP contribution in [0.4, 0.5) is 0 Å². The molecule has 1 amide bonds. The highest BCUT2D eigenvalue weighted by atomic mass is 35.5. The van der Waals surface area contributed by atoms with Crippen LogP contribution >= 0.6 is 22.9 Å². The summed E-state index contributed by atoms with van der Waals surface area (Å²) < 4.78 is 0. The van der Waals surface area contributed by atoms with Gasteiger partial charge in [0, 0.05) is 58.1 Å². The lowest BCUT2D eigenvalue weighted by atomic mass is 9.89. The molecular formula is C32H41ClN2O5S. The van der Waals surface area contributed by atoms with Crippen LogP contribution < -0.4 is 5.32 Å². The number of aromatic amines is 1. The molecule has 7 nitrogen and oxygen atoms in total. The summed E-state index contributed by atoms with van der Waals surface area (Å²) in [6.07, 6.45) is 10.7. The summed E-state index contributed by atoms with van der Waals surface area (Å²) in [5.41, 5.74) is 1.97. The number of aromatic nitrogens is 1. The lowest BCUT2D eigenvalue weighted by Crippen LogP contribution is -2.25. The number of unbranched alkanes of at least 4 members (excludes halogenated alkanes) is 1. The molecule has 3 aromatic rings. The van der Waals surface area contributed by atoms with Crippen LogP contribution in [0.3, 0.4) is 0 Å². The number of aryl methyl sites for hydroxylation is 2. The van der Waals surface area contributed by atoms with Crippen molar-refractivity contribution in [2.24, 2.45) is 11.8 Å². The molecule has 0 radical (unpaired) electrons. The summed E-state index contributed by atoms with van der Waals surface area (Å²) in [4.78, 5) is 17.7. The number of fused-ring (bicyclic) bond motifs is 1. The fourth-order valence-electron chi connectivity index (χ4n) is 5.48. The van der Waals surface area contributed by atoms with Crippen molar-refractivity contribution in [3.05, 3.63) is 75.1 Å². The van der Waals surface area contributed by atoms with Crippen LogP contribution in [0.2, 0.25) is 5.02 Å². The molecule has 1 aromatic carbocycles. The summed E-state index contributed by atoms with van der Waals surface area (Å²) in [6, 6.07) is 9.13. The van der Waals surface area contributed by atoms with E-state index in [0.29, 0.717) is 38.6 Å². The molecule has 2 heterocycles. The molecule has 0 unspecified atom stereocenters. The van der Waals surface area contributed by atoms with Gasteiger partial charge in [0.15, 0.2) is 0 Å². The van der Waals surface area contributed by atoms with E-state index in [0.717, 1.165) is 50.6 Å². The summed E-state index contributed by atoms with van der Waals surface area (Å²) in [6.45, 7) is 2.52. The molecule has 0 aliphatic heterocycles. The zero-order valence-corrected chi connectivity index (χ0v) is 25.0. The monoisotopic (exact) mass is 600 g/mol. The maximum absolute atomic E-state index is 12.2. The van der Waals surface area contributed by atoms with Gasteiger partial charge in [-0.25, -0.2) is 0 Å². The third-order valence-electron chi connectivity index (χ3n) is 7.79. The number of benzene rings is 1. The molecule has 4 rings (SSSR count). The number of thiophene rings is 1. The molecule has 1 saturated carbocycles. The number of halogens is 1. The number of phenols is 1. The topological polar surface area (TPSA) is 126 Å². The fourth-order valence-corrected chi connectivity index (χ4v) is 6.74. The minimum absolute atomic E-state index is 0.0163. The van der Waals surface area contributed by atoms with Crippen LogP contribution in [-0.2, 0) is 17.6 Å². The smallest absolute Gasteiger partial charge is 0.220 e. The average Bonchev–Trinajstić information content (AvgIpc) is 3.56. The van der Waals surface area contributed by atoms with E-state index < -0.39 is 18.3 Å². The molecule has 1 fully saturated rings. The Balaban J connectivity index is 1.13. The van der Waals surface area contributed by atoms with Crippen LogP contribution in [-0.4, -0.2) is 56.2 Å². The molecule has 0 spiro atoms. The Hall–Kier alpha value is -2.62. The van der Waals surface area contributed by atoms with Crippen LogP contribution in [0.15, 0.2) is 54.6 Å². The number of allylic oxidation sites excluding steroid dienone is 2. The van der Waals surface area contributed by atoms with Crippen LogP contribution in [0.25, 0.3) is 10.9 Å². The molecule has 0 bridgehead atoms. The van der Waals surface area contributed by atoms with Gasteiger partial charge in [-0.2, -0.15) is 0 Å². The predicted octanol–water partition coefficient (Wildman–Crippen LogP) is 5.58. The molecule has 9 heteroatoms. The minimum Gasteiger partial charge on any atom is -0.508 e. The second-order valence-electron chi connectivity index (χ2n) is 11.0. The van der Waals surface area contributed by atoms with Crippen LogP contribution in [0.1, 0.15) is 54.0 Å². The van der Waals surface area contributed by atoms with Gasteiger partial charge < -0.3 is 30.7 Å². The van der Waals surface area contributed by atoms with Crippen LogP contribution in [0, 0.1) is 18.8 Å². The number of aliphatic hydroxyl groups is 3. The van der Waals surface area contributed by atoms with E-state index in [2.05, 4.69) is 10.3 Å². The average molecular weight is 601 g/mol. The number of aromatic hydroxyl groups is 1. The highest BCUT2D eigenvalue weighted by Gasteiger charge is 2.39. The van der Waals surface area contributed by atoms with Crippen molar-refractivity contribution in [3.63, 3.8) is 0 Å². The first-order valence-corrected chi connectivity index (χ1v) is 15.6. The molecule has 5 atom stereocenters. The molecule has 1 aliphatic carbocycles. The summed E-state index contributed by atoms with van der Waals surface area (Å²) in [7, 11) is 0. The van der Waals surface area contributed by atoms with Gasteiger partial charge in [-0.3, -0.25) is 4.79 Å². The summed E-state index contributed by atoms with van der Waals surface area (Å²) in [5.74, 6) is -0.0731. The minimum atomic E-state index is -0.634. The van der Waals surface area contributed by atoms with Gasteiger partial charge >= 0.3 is 0 Å². The van der Waals surface area contributed by atoms with Crippen molar-refractivity contribution in [2.75, 3.05) is 6.54 Å². The fraction of sp³-hybridized carbons (Fsp3) is 0.469. The van der Waals surface area contributed by atoms with Gasteiger partial charge in [0.2, 0.25) is 5.91 Å². The van der Waals surface area contributed by atoms with E-state index in [1.165, 1.54) is 0 Å². The van der Waals surface area contributed by atoms with E-state index in [9.17, 15) is 25.2 Å². The first kappa shape index (κ1) is 31.3. The lowest BCUT2D eigenvalue weighted by molar-refractivity contribution is -0.121. The molecule has 1 aliphatic rings.